The van der Waals surface area contributed by atoms with E-state index in [9.17, 15) is 0 Å². The minimum atomic E-state index is 0.579. The normalized spacial score (nSPS) is 44.8. The van der Waals surface area contributed by atoms with E-state index in [0.717, 1.165) is 18.0 Å². The summed E-state index contributed by atoms with van der Waals surface area (Å²) in [5.41, 5.74) is 0.579. The maximum absolute atomic E-state index is 3.79. The molecule has 1 N–H and O–H groups in total. The molecule has 1 heteroatoms. The largest absolute Gasteiger partial charge is 0.310 e. The van der Waals surface area contributed by atoms with Crippen molar-refractivity contribution in [3.05, 3.63) is 0 Å². The molecule has 2 aliphatic rings. The zero-order valence-corrected chi connectivity index (χ0v) is 8.56. The lowest BCUT2D eigenvalue weighted by Gasteiger charge is -2.49. The first-order chi connectivity index (χ1) is 5.59. The van der Waals surface area contributed by atoms with Crippen molar-refractivity contribution in [2.75, 3.05) is 0 Å². The summed E-state index contributed by atoms with van der Waals surface area (Å²) >= 11 is 0. The van der Waals surface area contributed by atoms with Gasteiger partial charge in [0, 0.05) is 12.1 Å². The Kier molecular flexibility index (Phi) is 1.95. The third-order valence-corrected chi connectivity index (χ3v) is 4.06. The Morgan fingerprint density at radius 2 is 1.92 bits per heavy atom. The topological polar surface area (TPSA) is 12.0 Å². The zero-order chi connectivity index (χ0) is 8.77. The molecule has 2 aliphatic carbocycles. The summed E-state index contributed by atoms with van der Waals surface area (Å²) in [6.45, 7) is 7.14. The maximum Gasteiger partial charge on any atom is 0.0121 e. The first-order valence-corrected chi connectivity index (χ1v) is 5.36. The lowest BCUT2D eigenvalue weighted by Crippen LogP contribution is -2.57. The average molecular weight is 167 g/mol. The SMILES string of the molecule is CC1CCC1NC1CCC1(C)C. The lowest BCUT2D eigenvalue weighted by molar-refractivity contribution is 0.0685. The lowest BCUT2D eigenvalue weighted by atomic mass is 9.66. The van der Waals surface area contributed by atoms with E-state index in [1.54, 1.807) is 0 Å². The van der Waals surface area contributed by atoms with Gasteiger partial charge < -0.3 is 5.32 Å². The summed E-state index contributed by atoms with van der Waals surface area (Å²) in [4.78, 5) is 0. The molecule has 0 amide bonds. The van der Waals surface area contributed by atoms with Crippen LogP contribution in [0.2, 0.25) is 0 Å². The van der Waals surface area contributed by atoms with E-state index in [0.29, 0.717) is 5.41 Å². The molecule has 1 nitrogen and oxygen atoms in total. The molecule has 0 spiro atoms. The highest BCUT2D eigenvalue weighted by Gasteiger charge is 2.41. The summed E-state index contributed by atoms with van der Waals surface area (Å²) < 4.78 is 0. The van der Waals surface area contributed by atoms with Crippen LogP contribution in [0.15, 0.2) is 0 Å². The first kappa shape index (κ1) is 8.55. The van der Waals surface area contributed by atoms with Gasteiger partial charge in [-0.1, -0.05) is 20.8 Å². The van der Waals surface area contributed by atoms with Crippen molar-refractivity contribution < 1.29 is 0 Å². The molecule has 0 aromatic rings. The predicted molar refractivity (Wildman–Crippen MR) is 52.1 cm³/mol. The molecule has 0 saturated heterocycles. The van der Waals surface area contributed by atoms with Gasteiger partial charge in [-0.15, -0.1) is 0 Å². The Balaban J connectivity index is 1.80. The van der Waals surface area contributed by atoms with E-state index in [4.69, 9.17) is 0 Å². The fourth-order valence-electron chi connectivity index (χ4n) is 2.35. The van der Waals surface area contributed by atoms with Crippen LogP contribution in [0.5, 0.6) is 0 Å². The number of hydrogen-bond acceptors (Lipinski definition) is 1. The van der Waals surface area contributed by atoms with Crippen molar-refractivity contribution in [2.45, 2.75) is 58.5 Å². The van der Waals surface area contributed by atoms with Gasteiger partial charge in [0.2, 0.25) is 0 Å². The van der Waals surface area contributed by atoms with Crippen molar-refractivity contribution in [2.24, 2.45) is 11.3 Å². The fraction of sp³-hybridized carbons (Fsp3) is 1.00. The first-order valence-electron chi connectivity index (χ1n) is 5.36. The maximum atomic E-state index is 3.79. The molecule has 0 heterocycles. The second kappa shape index (κ2) is 2.73. The highest BCUT2D eigenvalue weighted by Crippen LogP contribution is 2.41. The second-order valence-corrected chi connectivity index (χ2v) is 5.41. The molecule has 0 bridgehead atoms. The van der Waals surface area contributed by atoms with E-state index in [1.165, 1.54) is 25.7 Å². The predicted octanol–water partition coefficient (Wildman–Crippen LogP) is 2.56. The smallest absolute Gasteiger partial charge is 0.0121 e. The standard InChI is InChI=1S/C11H21N/c1-8-4-5-9(8)12-10-6-7-11(10,2)3/h8-10,12H,4-7H2,1-3H3. The van der Waals surface area contributed by atoms with Crippen LogP contribution in [-0.4, -0.2) is 12.1 Å². The highest BCUT2D eigenvalue weighted by atomic mass is 15.0. The zero-order valence-electron chi connectivity index (χ0n) is 8.56. The summed E-state index contributed by atoms with van der Waals surface area (Å²) in [7, 11) is 0. The Morgan fingerprint density at radius 1 is 1.17 bits per heavy atom. The van der Waals surface area contributed by atoms with Gasteiger partial charge in [-0.3, -0.25) is 0 Å². The molecule has 70 valence electrons. The van der Waals surface area contributed by atoms with Crippen LogP contribution in [0.25, 0.3) is 0 Å². The summed E-state index contributed by atoms with van der Waals surface area (Å²) in [5, 5.41) is 3.79. The molecule has 0 aromatic heterocycles. The second-order valence-electron chi connectivity index (χ2n) is 5.41. The molecule has 0 radical (unpaired) electrons. The van der Waals surface area contributed by atoms with Crippen LogP contribution in [0.1, 0.15) is 46.5 Å². The van der Waals surface area contributed by atoms with E-state index in [1.807, 2.05) is 0 Å². The third kappa shape index (κ3) is 1.28. The van der Waals surface area contributed by atoms with Crippen molar-refractivity contribution in [1.82, 2.24) is 5.32 Å². The van der Waals surface area contributed by atoms with E-state index < -0.39 is 0 Å². The molecule has 2 fully saturated rings. The number of nitrogens with one attached hydrogen (secondary N) is 1. The van der Waals surface area contributed by atoms with Crippen LogP contribution in [-0.2, 0) is 0 Å². The van der Waals surface area contributed by atoms with Crippen LogP contribution in [0.3, 0.4) is 0 Å². The van der Waals surface area contributed by atoms with Gasteiger partial charge in [0.1, 0.15) is 0 Å². The molecular formula is C11H21N. The van der Waals surface area contributed by atoms with E-state index in [-0.39, 0.29) is 0 Å². The van der Waals surface area contributed by atoms with Crippen molar-refractivity contribution in [3.8, 4) is 0 Å². The molecular weight excluding hydrogens is 146 g/mol. The number of hydrogen-bond donors (Lipinski definition) is 1. The Bertz CT molecular complexity index is 174. The number of rotatable bonds is 2. The Morgan fingerprint density at radius 3 is 2.17 bits per heavy atom. The van der Waals surface area contributed by atoms with Gasteiger partial charge >= 0.3 is 0 Å². The average Bonchev–Trinajstić information content (AvgIpc) is 2.00. The molecule has 12 heavy (non-hydrogen) atoms. The highest BCUT2D eigenvalue weighted by molar-refractivity contribution is 4.98. The monoisotopic (exact) mass is 167 g/mol. The summed E-state index contributed by atoms with van der Waals surface area (Å²) in [6.07, 6.45) is 5.65. The summed E-state index contributed by atoms with van der Waals surface area (Å²) in [5.74, 6) is 0.932. The van der Waals surface area contributed by atoms with Crippen molar-refractivity contribution in [1.29, 1.82) is 0 Å². The van der Waals surface area contributed by atoms with Crippen molar-refractivity contribution >= 4 is 0 Å². The van der Waals surface area contributed by atoms with Gasteiger partial charge in [0.25, 0.3) is 0 Å². The minimum Gasteiger partial charge on any atom is -0.310 e. The Hall–Kier alpha value is -0.0400. The van der Waals surface area contributed by atoms with E-state index in [2.05, 4.69) is 26.1 Å². The van der Waals surface area contributed by atoms with Gasteiger partial charge in [0.05, 0.1) is 0 Å². The minimum absolute atomic E-state index is 0.579. The molecule has 3 atom stereocenters. The van der Waals surface area contributed by atoms with Gasteiger partial charge in [-0.2, -0.15) is 0 Å². The van der Waals surface area contributed by atoms with Crippen LogP contribution < -0.4 is 5.32 Å². The van der Waals surface area contributed by atoms with Gasteiger partial charge in [-0.25, -0.2) is 0 Å². The molecule has 0 aliphatic heterocycles. The fourth-order valence-corrected chi connectivity index (χ4v) is 2.35. The van der Waals surface area contributed by atoms with Crippen LogP contribution in [0, 0.1) is 11.3 Å². The van der Waals surface area contributed by atoms with Gasteiger partial charge in [0.15, 0.2) is 0 Å². The third-order valence-electron chi connectivity index (χ3n) is 4.06. The van der Waals surface area contributed by atoms with Gasteiger partial charge in [-0.05, 0) is 37.0 Å². The molecule has 3 unspecified atom stereocenters. The van der Waals surface area contributed by atoms with E-state index >= 15 is 0 Å². The Labute approximate surface area is 75.9 Å². The van der Waals surface area contributed by atoms with Crippen LogP contribution >= 0.6 is 0 Å². The summed E-state index contributed by atoms with van der Waals surface area (Å²) in [6, 6.07) is 1.65. The molecule has 2 saturated carbocycles. The molecule has 0 aromatic carbocycles. The molecule has 2 rings (SSSR count). The van der Waals surface area contributed by atoms with Crippen molar-refractivity contribution in [3.63, 3.8) is 0 Å². The quantitative estimate of drug-likeness (QED) is 0.666. The van der Waals surface area contributed by atoms with Crippen LogP contribution in [0.4, 0.5) is 0 Å².